The number of ether oxygens (including phenoxy) is 3. The van der Waals surface area contributed by atoms with Crippen LogP contribution in [0.2, 0.25) is 0 Å². The second kappa shape index (κ2) is 17.6. The molecule has 0 radical (unpaired) electrons. The van der Waals surface area contributed by atoms with Crippen molar-refractivity contribution in [3.63, 3.8) is 0 Å². The average Bonchev–Trinajstić information content (AvgIpc) is 2.91. The van der Waals surface area contributed by atoms with Crippen LogP contribution in [0.3, 0.4) is 0 Å². The van der Waals surface area contributed by atoms with Crippen molar-refractivity contribution in [3.8, 4) is 0 Å². The van der Waals surface area contributed by atoms with E-state index < -0.39 is 40.9 Å². The molecule has 3 unspecified atom stereocenters. The lowest BCUT2D eigenvalue weighted by atomic mass is 9.72. The molecule has 8 heteroatoms. The Balaban J connectivity index is 0. The fourth-order valence-corrected chi connectivity index (χ4v) is 4.65. The summed E-state index contributed by atoms with van der Waals surface area (Å²) in [5.41, 5.74) is -1.62. The first-order chi connectivity index (χ1) is 18.4. The fourth-order valence-electron chi connectivity index (χ4n) is 4.65. The highest BCUT2D eigenvalue weighted by Gasteiger charge is 2.43. The number of carbonyl (C=O) groups excluding carboxylic acids is 3. The van der Waals surface area contributed by atoms with Crippen molar-refractivity contribution in [2.24, 2.45) is 10.8 Å². The Labute approximate surface area is 258 Å². The predicted molar refractivity (Wildman–Crippen MR) is 175 cm³/mol. The van der Waals surface area contributed by atoms with Crippen molar-refractivity contribution < 1.29 is 38.8 Å². The molecule has 0 amide bonds. The molecule has 0 fully saturated rings. The molecule has 3 atom stereocenters. The van der Waals surface area contributed by atoms with Gasteiger partial charge in [0, 0.05) is 0 Å². The summed E-state index contributed by atoms with van der Waals surface area (Å²) in [6.07, 6.45) is -1.46. The molecule has 0 heterocycles. The summed E-state index contributed by atoms with van der Waals surface area (Å²) in [6, 6.07) is 17.0. The standard InChI is InChI=1S/C31H38O8.4CH4/c1-6-31(5,29(36)38-16-20(2)32)19-30(3,4)28(35)39-18-23(33)17-37-27(34)26-24-13-9-7-11-21(24)15-22-12-8-10-14-25(22)26;;;;/h7-15,20,23,32-33H,6,16-19H2,1-5H3;4*1H4. The Hall–Kier alpha value is -3.49. The van der Waals surface area contributed by atoms with E-state index >= 15 is 0 Å². The second-order valence-electron chi connectivity index (χ2n) is 11.0. The van der Waals surface area contributed by atoms with Crippen LogP contribution >= 0.6 is 0 Å². The smallest absolute Gasteiger partial charge is 0.339 e. The molecule has 0 saturated heterocycles. The third-order valence-corrected chi connectivity index (χ3v) is 6.90. The van der Waals surface area contributed by atoms with E-state index in [1.165, 1.54) is 6.92 Å². The molecular weight excluding hydrogens is 548 g/mol. The lowest BCUT2D eigenvalue weighted by molar-refractivity contribution is -0.166. The number of aliphatic hydroxyl groups excluding tert-OH is 2. The van der Waals surface area contributed by atoms with Gasteiger partial charge in [-0.3, -0.25) is 9.59 Å². The molecule has 0 aliphatic rings. The summed E-state index contributed by atoms with van der Waals surface area (Å²) >= 11 is 0. The molecule has 0 bridgehead atoms. The molecule has 3 aromatic rings. The van der Waals surface area contributed by atoms with Crippen molar-refractivity contribution in [2.45, 2.75) is 89.4 Å². The molecule has 0 spiro atoms. The van der Waals surface area contributed by atoms with Gasteiger partial charge < -0.3 is 24.4 Å². The first kappa shape index (κ1) is 41.6. The van der Waals surface area contributed by atoms with Crippen LogP contribution in [0.5, 0.6) is 0 Å². The molecule has 43 heavy (non-hydrogen) atoms. The van der Waals surface area contributed by atoms with E-state index in [9.17, 15) is 24.6 Å². The van der Waals surface area contributed by atoms with Crippen LogP contribution in [-0.2, 0) is 23.8 Å². The van der Waals surface area contributed by atoms with Crippen molar-refractivity contribution in [1.82, 2.24) is 0 Å². The number of hydrogen-bond donors (Lipinski definition) is 2. The van der Waals surface area contributed by atoms with Crippen LogP contribution < -0.4 is 0 Å². The largest absolute Gasteiger partial charge is 0.463 e. The van der Waals surface area contributed by atoms with Crippen LogP contribution in [-0.4, -0.2) is 60.1 Å². The first-order valence-electron chi connectivity index (χ1n) is 13.2. The minimum atomic E-state index is -1.23. The van der Waals surface area contributed by atoms with Crippen molar-refractivity contribution >= 4 is 39.5 Å². The molecule has 0 saturated carbocycles. The normalized spacial score (nSPS) is 13.5. The zero-order chi connectivity index (χ0) is 28.8. The number of esters is 3. The van der Waals surface area contributed by atoms with Crippen LogP contribution in [0, 0.1) is 10.8 Å². The van der Waals surface area contributed by atoms with Crippen molar-refractivity contribution in [2.75, 3.05) is 19.8 Å². The highest BCUT2D eigenvalue weighted by atomic mass is 16.6. The minimum absolute atomic E-state index is 0. The van der Waals surface area contributed by atoms with Crippen LogP contribution in [0.1, 0.15) is 87.5 Å². The highest BCUT2D eigenvalue weighted by molar-refractivity contribution is 6.16. The van der Waals surface area contributed by atoms with Gasteiger partial charge in [0.05, 0.1) is 22.5 Å². The monoisotopic (exact) mass is 602 g/mol. The minimum Gasteiger partial charge on any atom is -0.463 e. The van der Waals surface area contributed by atoms with Crippen molar-refractivity contribution in [3.05, 3.63) is 60.2 Å². The van der Waals surface area contributed by atoms with Crippen LogP contribution in [0.25, 0.3) is 21.5 Å². The molecule has 242 valence electrons. The zero-order valence-corrected chi connectivity index (χ0v) is 23.2. The predicted octanol–water partition coefficient (Wildman–Crippen LogP) is 7.35. The molecular formula is C35H54O8. The molecule has 0 aliphatic heterocycles. The third-order valence-electron chi connectivity index (χ3n) is 6.90. The van der Waals surface area contributed by atoms with E-state index in [2.05, 4.69) is 0 Å². The number of hydrogen-bond acceptors (Lipinski definition) is 8. The van der Waals surface area contributed by atoms with Gasteiger partial charge in [0.25, 0.3) is 0 Å². The Morgan fingerprint density at radius 3 is 1.70 bits per heavy atom. The number of rotatable bonds is 12. The lowest BCUT2D eigenvalue weighted by Gasteiger charge is -2.34. The summed E-state index contributed by atoms with van der Waals surface area (Å²) in [6.45, 7) is 7.50. The molecule has 8 nitrogen and oxygen atoms in total. The summed E-state index contributed by atoms with van der Waals surface area (Å²) < 4.78 is 16.0. The number of fused-ring (bicyclic) bond motifs is 2. The maximum Gasteiger partial charge on any atom is 0.339 e. The maximum atomic E-state index is 13.1. The molecule has 2 N–H and O–H groups in total. The van der Waals surface area contributed by atoms with Crippen molar-refractivity contribution in [1.29, 1.82) is 0 Å². The summed E-state index contributed by atoms with van der Waals surface area (Å²) in [7, 11) is 0. The molecule has 0 aromatic heterocycles. The van der Waals surface area contributed by atoms with Gasteiger partial charge in [-0.2, -0.15) is 0 Å². The number of aliphatic hydroxyl groups is 2. The first-order valence-corrected chi connectivity index (χ1v) is 13.2. The Morgan fingerprint density at radius 1 is 0.744 bits per heavy atom. The number of benzene rings is 3. The van der Waals surface area contributed by atoms with Gasteiger partial charge in [-0.25, -0.2) is 4.79 Å². The molecule has 3 aromatic carbocycles. The van der Waals surface area contributed by atoms with Gasteiger partial charge in [0.1, 0.15) is 25.9 Å². The number of carbonyl (C=O) groups is 3. The zero-order valence-electron chi connectivity index (χ0n) is 23.2. The van der Waals surface area contributed by atoms with E-state index in [4.69, 9.17) is 14.2 Å². The van der Waals surface area contributed by atoms with Gasteiger partial charge in [0.15, 0.2) is 0 Å². The fraction of sp³-hybridized carbons (Fsp3) is 0.514. The maximum absolute atomic E-state index is 13.1. The van der Waals surface area contributed by atoms with Gasteiger partial charge >= 0.3 is 17.9 Å². The highest BCUT2D eigenvalue weighted by Crippen LogP contribution is 2.38. The SMILES string of the molecule is C.C.C.C.CCC(C)(CC(C)(C)C(=O)OCC(O)COC(=O)c1c2ccccc2cc2ccccc12)C(=O)OCC(C)O. The lowest BCUT2D eigenvalue weighted by Crippen LogP contribution is -2.40. The Morgan fingerprint density at radius 2 is 1.21 bits per heavy atom. The molecule has 3 rings (SSSR count). The average molecular weight is 603 g/mol. The second-order valence-corrected chi connectivity index (χ2v) is 11.0. The summed E-state index contributed by atoms with van der Waals surface area (Å²) in [4.78, 5) is 38.6. The van der Waals surface area contributed by atoms with Crippen LogP contribution in [0.4, 0.5) is 0 Å². The quantitative estimate of drug-likeness (QED) is 0.125. The molecule has 0 aliphatic carbocycles. The van der Waals surface area contributed by atoms with Gasteiger partial charge in [-0.05, 0) is 68.1 Å². The van der Waals surface area contributed by atoms with Gasteiger partial charge in [-0.1, -0.05) is 85.2 Å². The van der Waals surface area contributed by atoms with E-state index in [1.54, 1.807) is 20.8 Å². The summed E-state index contributed by atoms with van der Waals surface area (Å²) in [5.74, 6) is -1.68. The summed E-state index contributed by atoms with van der Waals surface area (Å²) in [5, 5.41) is 23.1. The van der Waals surface area contributed by atoms with E-state index in [1.807, 2.05) is 61.5 Å². The Bertz CT molecular complexity index is 1280. The Kier molecular flexibility index (Phi) is 17.0. The van der Waals surface area contributed by atoms with Crippen LogP contribution in [0.15, 0.2) is 54.6 Å². The van der Waals surface area contributed by atoms with Gasteiger partial charge in [-0.15, -0.1) is 0 Å². The van der Waals surface area contributed by atoms with E-state index in [-0.39, 0.29) is 55.9 Å². The van der Waals surface area contributed by atoms with Gasteiger partial charge in [0.2, 0.25) is 0 Å². The third kappa shape index (κ3) is 10.3. The topological polar surface area (TPSA) is 119 Å². The van der Waals surface area contributed by atoms with E-state index in [0.29, 0.717) is 12.0 Å². The van der Waals surface area contributed by atoms with E-state index in [0.717, 1.165) is 21.5 Å².